The maximum atomic E-state index is 10.7. The molecule has 0 saturated carbocycles. The Balaban J connectivity index is 2.70. The molecule has 0 saturated heterocycles. The van der Waals surface area contributed by atoms with Crippen LogP contribution < -0.4 is 5.73 Å². The van der Waals surface area contributed by atoms with Crippen LogP contribution in [0.1, 0.15) is 11.1 Å². The summed E-state index contributed by atoms with van der Waals surface area (Å²) in [5.74, 6) is -1.36. The maximum Gasteiger partial charge on any atom is 0.328 e. The van der Waals surface area contributed by atoms with E-state index in [0.29, 0.717) is 6.54 Å². The van der Waals surface area contributed by atoms with Crippen LogP contribution in [0.25, 0.3) is 6.08 Å². The van der Waals surface area contributed by atoms with Crippen LogP contribution in [-0.2, 0) is 16.1 Å². The Morgan fingerprint density at radius 3 is 2.78 bits per heavy atom. The van der Waals surface area contributed by atoms with Crippen molar-refractivity contribution in [3.05, 3.63) is 41.5 Å². The van der Waals surface area contributed by atoms with Crippen molar-refractivity contribution in [1.29, 1.82) is 0 Å². The molecule has 0 aromatic heterocycles. The number of amides is 1. The van der Waals surface area contributed by atoms with Crippen LogP contribution in [0.15, 0.2) is 30.3 Å². The third-order valence-corrected chi connectivity index (χ3v) is 2.25. The van der Waals surface area contributed by atoms with Gasteiger partial charge in [0.05, 0.1) is 6.54 Å². The van der Waals surface area contributed by atoms with Gasteiger partial charge in [-0.3, -0.25) is 9.69 Å². The van der Waals surface area contributed by atoms with Crippen molar-refractivity contribution >= 4 is 18.0 Å². The van der Waals surface area contributed by atoms with Gasteiger partial charge in [0.1, 0.15) is 0 Å². The molecule has 3 N–H and O–H groups in total. The van der Waals surface area contributed by atoms with E-state index in [9.17, 15) is 9.59 Å². The zero-order valence-electron chi connectivity index (χ0n) is 10.2. The Morgan fingerprint density at radius 2 is 2.17 bits per heavy atom. The molecule has 1 aromatic rings. The number of rotatable bonds is 6. The van der Waals surface area contributed by atoms with Gasteiger partial charge in [-0.05, 0) is 24.3 Å². The fourth-order valence-corrected chi connectivity index (χ4v) is 1.60. The van der Waals surface area contributed by atoms with E-state index >= 15 is 0 Å². The van der Waals surface area contributed by atoms with Gasteiger partial charge in [0.2, 0.25) is 5.91 Å². The van der Waals surface area contributed by atoms with Crippen LogP contribution >= 0.6 is 0 Å². The number of carbonyl (C=O) groups excluding carboxylic acids is 1. The number of primary amides is 1. The molecule has 5 heteroatoms. The minimum atomic E-state index is -0.980. The summed E-state index contributed by atoms with van der Waals surface area (Å²) >= 11 is 0. The SMILES string of the molecule is CN(CC(N)=O)Cc1cccc(C=CC(=O)O)c1. The molecule has 0 heterocycles. The molecule has 18 heavy (non-hydrogen) atoms. The zero-order chi connectivity index (χ0) is 13.5. The quantitative estimate of drug-likeness (QED) is 0.726. The van der Waals surface area contributed by atoms with Gasteiger partial charge in [-0.2, -0.15) is 0 Å². The number of nitrogens with zero attached hydrogens (tertiary/aromatic N) is 1. The van der Waals surface area contributed by atoms with E-state index in [4.69, 9.17) is 10.8 Å². The number of hydrogen-bond acceptors (Lipinski definition) is 3. The van der Waals surface area contributed by atoms with Crippen molar-refractivity contribution < 1.29 is 14.7 Å². The summed E-state index contributed by atoms with van der Waals surface area (Å²) in [4.78, 5) is 23.0. The van der Waals surface area contributed by atoms with Crippen LogP contribution in [-0.4, -0.2) is 35.5 Å². The number of likely N-dealkylation sites (N-methyl/N-ethyl adjacent to an activating group) is 1. The largest absolute Gasteiger partial charge is 0.478 e. The first-order valence-corrected chi connectivity index (χ1v) is 5.44. The number of hydrogen-bond donors (Lipinski definition) is 2. The Labute approximate surface area is 106 Å². The summed E-state index contributed by atoms with van der Waals surface area (Å²) in [5, 5.41) is 8.54. The maximum absolute atomic E-state index is 10.7. The lowest BCUT2D eigenvalue weighted by molar-refractivity contribution is -0.131. The van der Waals surface area contributed by atoms with Crippen molar-refractivity contribution in [2.45, 2.75) is 6.54 Å². The minimum absolute atomic E-state index is 0.190. The van der Waals surface area contributed by atoms with Crippen LogP contribution in [0, 0.1) is 0 Å². The second-order valence-electron chi connectivity index (χ2n) is 4.06. The summed E-state index contributed by atoms with van der Waals surface area (Å²) < 4.78 is 0. The molecule has 0 unspecified atom stereocenters. The van der Waals surface area contributed by atoms with Crippen molar-refractivity contribution in [2.75, 3.05) is 13.6 Å². The highest BCUT2D eigenvalue weighted by Crippen LogP contribution is 2.09. The average molecular weight is 248 g/mol. The summed E-state index contributed by atoms with van der Waals surface area (Å²) in [6, 6.07) is 7.44. The number of carboxylic acids is 1. The second-order valence-corrected chi connectivity index (χ2v) is 4.06. The summed E-state index contributed by atoms with van der Waals surface area (Å²) in [6.07, 6.45) is 2.62. The van der Waals surface area contributed by atoms with Gasteiger partial charge >= 0.3 is 5.97 Å². The van der Waals surface area contributed by atoms with Gasteiger partial charge in [0.15, 0.2) is 0 Å². The lowest BCUT2D eigenvalue weighted by Crippen LogP contribution is -2.30. The van der Waals surface area contributed by atoms with Gasteiger partial charge < -0.3 is 10.8 Å². The highest BCUT2D eigenvalue weighted by Gasteiger charge is 2.03. The molecule has 0 spiro atoms. The van der Waals surface area contributed by atoms with Crippen molar-refractivity contribution in [3.63, 3.8) is 0 Å². The first-order valence-electron chi connectivity index (χ1n) is 5.44. The average Bonchev–Trinajstić information content (AvgIpc) is 2.25. The molecular weight excluding hydrogens is 232 g/mol. The minimum Gasteiger partial charge on any atom is -0.478 e. The number of aliphatic carboxylic acids is 1. The smallest absolute Gasteiger partial charge is 0.328 e. The van der Waals surface area contributed by atoms with E-state index in [1.54, 1.807) is 11.9 Å². The Kier molecular flexibility index (Phi) is 5.07. The highest BCUT2D eigenvalue weighted by molar-refractivity contribution is 5.85. The van der Waals surface area contributed by atoms with Gasteiger partial charge in [-0.25, -0.2) is 4.79 Å². The van der Waals surface area contributed by atoms with E-state index in [0.717, 1.165) is 17.2 Å². The van der Waals surface area contributed by atoms with Crippen LogP contribution in [0.4, 0.5) is 0 Å². The lowest BCUT2D eigenvalue weighted by Gasteiger charge is -2.14. The molecule has 1 aromatic carbocycles. The fraction of sp³-hybridized carbons (Fsp3) is 0.231. The highest BCUT2D eigenvalue weighted by atomic mass is 16.4. The van der Waals surface area contributed by atoms with Gasteiger partial charge in [0.25, 0.3) is 0 Å². The van der Waals surface area contributed by atoms with Crippen molar-refractivity contribution in [1.82, 2.24) is 4.90 Å². The molecule has 0 aliphatic heterocycles. The van der Waals surface area contributed by atoms with E-state index in [1.165, 1.54) is 6.08 Å². The van der Waals surface area contributed by atoms with E-state index in [-0.39, 0.29) is 12.5 Å². The monoisotopic (exact) mass is 248 g/mol. The third-order valence-electron chi connectivity index (χ3n) is 2.25. The topological polar surface area (TPSA) is 83.6 Å². The molecule has 0 atom stereocenters. The Morgan fingerprint density at radius 1 is 1.44 bits per heavy atom. The van der Waals surface area contributed by atoms with Gasteiger partial charge in [-0.15, -0.1) is 0 Å². The molecule has 96 valence electrons. The summed E-state index contributed by atoms with van der Waals surface area (Å²) in [7, 11) is 1.80. The molecule has 5 nitrogen and oxygen atoms in total. The molecular formula is C13H16N2O3. The fourth-order valence-electron chi connectivity index (χ4n) is 1.60. The number of carbonyl (C=O) groups is 2. The number of carboxylic acid groups (broad SMARTS) is 1. The van der Waals surface area contributed by atoms with Crippen LogP contribution in [0.5, 0.6) is 0 Å². The van der Waals surface area contributed by atoms with E-state index in [2.05, 4.69) is 0 Å². The Bertz CT molecular complexity index is 469. The second kappa shape index (κ2) is 6.56. The molecule has 1 amide bonds. The predicted octanol–water partition coefficient (Wildman–Crippen LogP) is 0.701. The van der Waals surface area contributed by atoms with Gasteiger partial charge in [-0.1, -0.05) is 24.3 Å². The van der Waals surface area contributed by atoms with Crippen molar-refractivity contribution in [2.24, 2.45) is 5.73 Å². The number of benzene rings is 1. The molecule has 0 radical (unpaired) electrons. The third kappa shape index (κ3) is 5.27. The summed E-state index contributed by atoms with van der Waals surface area (Å²) in [6.45, 7) is 0.771. The van der Waals surface area contributed by atoms with Crippen molar-refractivity contribution in [3.8, 4) is 0 Å². The molecule has 1 rings (SSSR count). The van der Waals surface area contributed by atoms with Gasteiger partial charge in [0, 0.05) is 12.6 Å². The Hall–Kier alpha value is -2.14. The summed E-state index contributed by atoms with van der Waals surface area (Å²) in [5.41, 5.74) is 6.90. The first kappa shape index (κ1) is 13.9. The number of nitrogens with two attached hydrogens (primary N) is 1. The molecule has 0 aliphatic rings. The molecule has 0 fully saturated rings. The van der Waals surface area contributed by atoms with E-state index < -0.39 is 5.97 Å². The van der Waals surface area contributed by atoms with Crippen LogP contribution in [0.2, 0.25) is 0 Å². The molecule has 0 bridgehead atoms. The normalized spacial score (nSPS) is 11.0. The molecule has 0 aliphatic carbocycles. The van der Waals surface area contributed by atoms with Crippen LogP contribution in [0.3, 0.4) is 0 Å². The zero-order valence-corrected chi connectivity index (χ0v) is 10.2. The van der Waals surface area contributed by atoms with E-state index in [1.807, 2.05) is 24.3 Å². The lowest BCUT2D eigenvalue weighted by atomic mass is 10.1. The predicted molar refractivity (Wildman–Crippen MR) is 68.6 cm³/mol. The first-order chi connectivity index (χ1) is 8.47. The standard InChI is InChI=1S/C13H16N2O3/c1-15(9-12(14)16)8-11-4-2-3-10(7-11)5-6-13(17)18/h2-7H,8-9H2,1H3,(H2,14,16)(H,17,18).